The number of aromatic nitrogens is 2. The van der Waals surface area contributed by atoms with Crippen LogP contribution in [0, 0.1) is 0 Å². The van der Waals surface area contributed by atoms with Gasteiger partial charge in [0.15, 0.2) is 0 Å². The predicted octanol–water partition coefficient (Wildman–Crippen LogP) is 3.29. The van der Waals surface area contributed by atoms with Gasteiger partial charge in [0.2, 0.25) is 0 Å². The number of rotatable bonds is 2. The number of likely N-dealkylation sites (tertiary alicyclic amines) is 1. The molecule has 2 aliphatic rings. The van der Waals surface area contributed by atoms with Crippen molar-refractivity contribution in [2.45, 2.75) is 32.6 Å². The third-order valence-electron chi connectivity index (χ3n) is 4.42. The smallest absolute Gasteiger partial charge is 0.138 e. The predicted molar refractivity (Wildman–Crippen MR) is 97.5 cm³/mol. The Bertz CT molecular complexity index is 823. The minimum absolute atomic E-state index is 0.756. The molecule has 0 unspecified atom stereocenters. The summed E-state index contributed by atoms with van der Waals surface area (Å²) in [7, 11) is 0. The molecule has 4 rings (SSSR count). The molecule has 0 saturated carbocycles. The Labute approximate surface area is 141 Å². The van der Waals surface area contributed by atoms with Crippen LogP contribution < -0.4 is 5.32 Å². The minimum atomic E-state index is 0.756. The van der Waals surface area contributed by atoms with E-state index in [4.69, 9.17) is 4.99 Å². The van der Waals surface area contributed by atoms with Crippen LogP contribution in [0.2, 0.25) is 0 Å². The molecule has 1 fully saturated rings. The van der Waals surface area contributed by atoms with Crippen molar-refractivity contribution in [1.29, 1.82) is 0 Å². The summed E-state index contributed by atoms with van der Waals surface area (Å²) in [5, 5.41) is 3.41. The molecule has 2 aliphatic heterocycles. The highest BCUT2D eigenvalue weighted by Crippen LogP contribution is 2.19. The van der Waals surface area contributed by atoms with E-state index in [1.54, 1.807) is 6.20 Å². The molecule has 1 saturated heterocycles. The quantitative estimate of drug-likeness (QED) is 0.923. The van der Waals surface area contributed by atoms with Crippen molar-refractivity contribution in [3.05, 3.63) is 42.6 Å². The number of pyridine rings is 1. The van der Waals surface area contributed by atoms with Gasteiger partial charge in [0.25, 0.3) is 0 Å². The van der Waals surface area contributed by atoms with Gasteiger partial charge < -0.3 is 14.6 Å². The molecule has 1 N–H and O–H groups in total. The monoisotopic (exact) mass is 322 g/mol. The first-order valence-electron chi connectivity index (χ1n) is 8.56. The molecular formula is C18H22N6. The number of imidazole rings is 1. The summed E-state index contributed by atoms with van der Waals surface area (Å²) in [6.45, 7) is 4.16. The molecule has 6 nitrogen and oxygen atoms in total. The van der Waals surface area contributed by atoms with Crippen LogP contribution in [0.15, 0.2) is 52.6 Å². The second-order valence-corrected chi connectivity index (χ2v) is 6.26. The summed E-state index contributed by atoms with van der Waals surface area (Å²) < 4.78 is 1.99. The Morgan fingerprint density at radius 1 is 1.08 bits per heavy atom. The second-order valence-electron chi connectivity index (χ2n) is 6.26. The van der Waals surface area contributed by atoms with Gasteiger partial charge in [0.1, 0.15) is 23.1 Å². The molecule has 0 radical (unpaired) electrons. The third-order valence-corrected chi connectivity index (χ3v) is 4.42. The lowest BCUT2D eigenvalue weighted by Crippen LogP contribution is -2.28. The number of hydrogen-bond acceptors (Lipinski definition) is 5. The van der Waals surface area contributed by atoms with E-state index < -0.39 is 0 Å². The van der Waals surface area contributed by atoms with Gasteiger partial charge in [0, 0.05) is 49.9 Å². The van der Waals surface area contributed by atoms with Crippen LogP contribution in [0.4, 0.5) is 5.69 Å². The van der Waals surface area contributed by atoms with Crippen LogP contribution in [-0.4, -0.2) is 39.0 Å². The second kappa shape index (κ2) is 6.47. The molecule has 0 bridgehead atoms. The Hall–Kier alpha value is -2.63. The number of nitrogens with zero attached hydrogens (tertiary/aromatic N) is 5. The summed E-state index contributed by atoms with van der Waals surface area (Å²) in [6.07, 6.45) is 12.5. The summed E-state index contributed by atoms with van der Waals surface area (Å²) in [5.41, 5.74) is 1.92. The van der Waals surface area contributed by atoms with Gasteiger partial charge in [-0.3, -0.25) is 0 Å². The highest BCUT2D eigenvalue weighted by Gasteiger charge is 2.15. The number of aliphatic imine (C=N–C) groups is 2. The summed E-state index contributed by atoms with van der Waals surface area (Å²) >= 11 is 0. The average Bonchev–Trinajstić information content (AvgIpc) is 2.98. The van der Waals surface area contributed by atoms with E-state index in [1.807, 2.05) is 35.9 Å². The Balaban J connectivity index is 1.51. The average molecular weight is 322 g/mol. The maximum atomic E-state index is 4.69. The Morgan fingerprint density at radius 2 is 1.96 bits per heavy atom. The van der Waals surface area contributed by atoms with Crippen molar-refractivity contribution < 1.29 is 0 Å². The molecule has 0 spiro atoms. The zero-order valence-corrected chi connectivity index (χ0v) is 13.9. The Morgan fingerprint density at radius 3 is 2.83 bits per heavy atom. The molecule has 124 valence electrons. The van der Waals surface area contributed by atoms with Crippen LogP contribution in [0.1, 0.15) is 32.6 Å². The maximum absolute atomic E-state index is 4.69. The van der Waals surface area contributed by atoms with E-state index in [9.17, 15) is 0 Å². The van der Waals surface area contributed by atoms with Gasteiger partial charge in [-0.1, -0.05) is 0 Å². The molecule has 2 aromatic rings. The number of hydrogen-bond donors (Lipinski definition) is 1. The zero-order valence-electron chi connectivity index (χ0n) is 13.9. The van der Waals surface area contributed by atoms with E-state index in [2.05, 4.69) is 26.3 Å². The van der Waals surface area contributed by atoms with Crippen molar-refractivity contribution in [3.8, 4) is 0 Å². The van der Waals surface area contributed by atoms with Crippen molar-refractivity contribution >= 4 is 23.0 Å². The lowest BCUT2D eigenvalue weighted by molar-refractivity contribution is 0.282. The number of nitrogens with one attached hydrogen (secondary N) is 1. The first-order chi connectivity index (χ1) is 11.8. The standard InChI is InChI=1S/C18H22N6/c1-14-20-16(5-6-17(21-14)23-9-3-2-4-10-23)22-15-7-11-24-12-8-19-18(24)13-15/h6-8,11-13H,2-5,9-10H2,1H3,(H,20,21,22). The highest BCUT2D eigenvalue weighted by atomic mass is 15.2. The molecular weight excluding hydrogens is 300 g/mol. The fraction of sp³-hybridized carbons (Fsp3) is 0.389. The largest absolute Gasteiger partial charge is 0.357 e. The molecule has 0 aromatic carbocycles. The van der Waals surface area contributed by atoms with Gasteiger partial charge in [-0.25, -0.2) is 15.0 Å². The van der Waals surface area contributed by atoms with Crippen LogP contribution in [0.5, 0.6) is 0 Å². The van der Waals surface area contributed by atoms with E-state index in [0.29, 0.717) is 0 Å². The van der Waals surface area contributed by atoms with E-state index in [1.165, 1.54) is 19.3 Å². The highest BCUT2D eigenvalue weighted by molar-refractivity contribution is 6.04. The fourth-order valence-electron chi connectivity index (χ4n) is 3.22. The van der Waals surface area contributed by atoms with Gasteiger partial charge in [0.05, 0.1) is 0 Å². The summed E-state index contributed by atoms with van der Waals surface area (Å²) in [5.74, 6) is 2.78. The maximum Gasteiger partial charge on any atom is 0.138 e. The lowest BCUT2D eigenvalue weighted by atomic mass is 10.1. The van der Waals surface area contributed by atoms with Crippen molar-refractivity contribution in [1.82, 2.24) is 14.3 Å². The van der Waals surface area contributed by atoms with E-state index in [0.717, 1.165) is 48.3 Å². The molecule has 0 atom stereocenters. The van der Waals surface area contributed by atoms with Gasteiger partial charge in [-0.05, 0) is 38.3 Å². The van der Waals surface area contributed by atoms with E-state index in [-0.39, 0.29) is 0 Å². The third kappa shape index (κ3) is 3.18. The van der Waals surface area contributed by atoms with Crippen molar-refractivity contribution in [3.63, 3.8) is 0 Å². The van der Waals surface area contributed by atoms with Gasteiger partial charge in [-0.15, -0.1) is 0 Å². The van der Waals surface area contributed by atoms with Crippen LogP contribution in [-0.2, 0) is 0 Å². The zero-order chi connectivity index (χ0) is 16.4. The van der Waals surface area contributed by atoms with Crippen molar-refractivity contribution in [2.75, 3.05) is 18.4 Å². The molecule has 2 aromatic heterocycles. The number of anilines is 1. The normalized spacial score (nSPS) is 18.7. The summed E-state index contributed by atoms with van der Waals surface area (Å²) in [4.78, 5) is 16.0. The minimum Gasteiger partial charge on any atom is -0.357 e. The van der Waals surface area contributed by atoms with E-state index >= 15 is 0 Å². The first kappa shape index (κ1) is 14.9. The summed E-state index contributed by atoms with van der Waals surface area (Å²) in [6, 6.07) is 4.05. The van der Waals surface area contributed by atoms with Gasteiger partial charge in [-0.2, -0.15) is 0 Å². The van der Waals surface area contributed by atoms with Crippen molar-refractivity contribution in [2.24, 2.45) is 9.98 Å². The molecule has 0 amide bonds. The number of fused-ring (bicyclic) bond motifs is 1. The number of piperidine rings is 1. The molecule has 6 heteroatoms. The van der Waals surface area contributed by atoms with Crippen LogP contribution in [0.3, 0.4) is 0 Å². The van der Waals surface area contributed by atoms with Crippen LogP contribution >= 0.6 is 0 Å². The topological polar surface area (TPSA) is 57.3 Å². The number of amidine groups is 2. The fourth-order valence-corrected chi connectivity index (χ4v) is 3.22. The SMILES string of the molecule is CC1=NC(N2CCCCC2)=CCC(Nc2ccn3ccnc3c2)=N1. The molecule has 24 heavy (non-hydrogen) atoms. The van der Waals surface area contributed by atoms with Gasteiger partial charge >= 0.3 is 0 Å². The Kier molecular flexibility index (Phi) is 4.02. The van der Waals surface area contributed by atoms with Crippen LogP contribution in [0.25, 0.3) is 5.65 Å². The first-order valence-corrected chi connectivity index (χ1v) is 8.56. The lowest BCUT2D eigenvalue weighted by Gasteiger charge is -2.28. The molecule has 0 aliphatic carbocycles. The molecule has 4 heterocycles.